The number of anilines is 2. The topological polar surface area (TPSA) is 92.9 Å². The second kappa shape index (κ2) is 7.11. The van der Waals surface area contributed by atoms with Crippen LogP contribution in [0.1, 0.15) is 26.3 Å². The molecule has 25 heavy (non-hydrogen) atoms. The van der Waals surface area contributed by atoms with Crippen molar-refractivity contribution in [2.45, 2.75) is 32.9 Å². The Labute approximate surface area is 149 Å². The molecule has 0 atom stereocenters. The van der Waals surface area contributed by atoms with Crippen LogP contribution in [0.4, 0.5) is 16.2 Å². The van der Waals surface area contributed by atoms with Gasteiger partial charge in [0.05, 0.1) is 18.1 Å². The van der Waals surface area contributed by atoms with Gasteiger partial charge in [0.25, 0.3) is 0 Å². The molecular formula is C17H27N3O4S. The van der Waals surface area contributed by atoms with Gasteiger partial charge in [-0.2, -0.15) is 0 Å². The fourth-order valence-electron chi connectivity index (χ4n) is 2.65. The highest BCUT2D eigenvalue weighted by Gasteiger charge is 2.25. The number of nitrogen functional groups attached to an aromatic ring is 1. The van der Waals surface area contributed by atoms with Crippen LogP contribution in [0, 0.1) is 0 Å². The second-order valence-corrected chi connectivity index (χ2v) is 9.67. The van der Waals surface area contributed by atoms with Crippen molar-refractivity contribution in [1.82, 2.24) is 4.90 Å². The summed E-state index contributed by atoms with van der Waals surface area (Å²) >= 11 is 0. The molecule has 1 aromatic rings. The van der Waals surface area contributed by atoms with Gasteiger partial charge < -0.3 is 20.3 Å². The summed E-state index contributed by atoms with van der Waals surface area (Å²) in [5.41, 5.74) is 7.71. The van der Waals surface area contributed by atoms with Crippen LogP contribution in [-0.4, -0.2) is 56.7 Å². The number of sulfone groups is 1. The van der Waals surface area contributed by atoms with Crippen LogP contribution in [0.3, 0.4) is 0 Å². The molecule has 0 unspecified atom stereocenters. The van der Waals surface area contributed by atoms with Crippen LogP contribution in [0.15, 0.2) is 18.2 Å². The lowest BCUT2D eigenvalue weighted by molar-refractivity contribution is 0.0285. The highest BCUT2D eigenvalue weighted by molar-refractivity contribution is 7.91. The lowest BCUT2D eigenvalue weighted by atomic mass is 10.1. The molecule has 2 N–H and O–H groups in total. The number of nitrogens with two attached hydrogens (primary N) is 1. The molecule has 0 spiro atoms. The molecule has 1 aliphatic rings. The van der Waals surface area contributed by atoms with E-state index in [0.29, 0.717) is 25.3 Å². The molecule has 0 aliphatic carbocycles. The van der Waals surface area contributed by atoms with Gasteiger partial charge >= 0.3 is 6.09 Å². The number of hydrogen-bond donors (Lipinski definition) is 1. The molecule has 7 nitrogen and oxygen atoms in total. The SMILES string of the molecule is CN(Cc1cc(N)ccc1N1CCS(=O)(=O)CC1)C(=O)OC(C)(C)C. The van der Waals surface area contributed by atoms with Crippen molar-refractivity contribution in [2.75, 3.05) is 42.3 Å². The van der Waals surface area contributed by atoms with Crippen molar-refractivity contribution in [1.29, 1.82) is 0 Å². The fraction of sp³-hybridized carbons (Fsp3) is 0.588. The molecule has 0 bridgehead atoms. The van der Waals surface area contributed by atoms with E-state index in [1.165, 1.54) is 4.90 Å². The van der Waals surface area contributed by atoms with Crippen LogP contribution < -0.4 is 10.6 Å². The van der Waals surface area contributed by atoms with Crippen molar-refractivity contribution in [3.8, 4) is 0 Å². The number of rotatable bonds is 3. The summed E-state index contributed by atoms with van der Waals surface area (Å²) in [6, 6.07) is 5.49. The smallest absolute Gasteiger partial charge is 0.410 e. The quantitative estimate of drug-likeness (QED) is 0.818. The number of amides is 1. The van der Waals surface area contributed by atoms with Gasteiger partial charge in [-0.1, -0.05) is 0 Å². The highest BCUT2D eigenvalue weighted by atomic mass is 32.2. The number of carbonyl (C=O) groups is 1. The normalized spacial score (nSPS) is 17.2. The van der Waals surface area contributed by atoms with Gasteiger partial charge in [-0.3, -0.25) is 0 Å². The molecular weight excluding hydrogens is 342 g/mol. The average molecular weight is 369 g/mol. The Bertz CT molecular complexity index is 727. The first-order chi connectivity index (χ1) is 11.5. The van der Waals surface area contributed by atoms with Crippen molar-refractivity contribution in [3.63, 3.8) is 0 Å². The molecule has 1 saturated heterocycles. The summed E-state index contributed by atoms with van der Waals surface area (Å²) in [5.74, 6) is 0.275. The largest absolute Gasteiger partial charge is 0.444 e. The first kappa shape index (κ1) is 19.4. The zero-order valence-corrected chi connectivity index (χ0v) is 16.1. The Balaban J connectivity index is 2.17. The Morgan fingerprint density at radius 2 is 1.88 bits per heavy atom. The molecule has 1 heterocycles. The molecule has 0 aromatic heterocycles. The summed E-state index contributed by atoms with van der Waals surface area (Å²) in [6.45, 7) is 6.67. The minimum absolute atomic E-state index is 0.138. The van der Waals surface area contributed by atoms with Gasteiger partial charge in [0.2, 0.25) is 0 Å². The lowest BCUT2D eigenvalue weighted by Crippen LogP contribution is -2.41. The summed E-state index contributed by atoms with van der Waals surface area (Å²) in [4.78, 5) is 15.7. The summed E-state index contributed by atoms with van der Waals surface area (Å²) in [7, 11) is -1.28. The Hall–Kier alpha value is -1.96. The van der Waals surface area contributed by atoms with Gasteiger partial charge in [0.1, 0.15) is 5.60 Å². The van der Waals surface area contributed by atoms with Crippen LogP contribution >= 0.6 is 0 Å². The van der Waals surface area contributed by atoms with Gasteiger partial charge in [0, 0.05) is 31.5 Å². The zero-order chi connectivity index (χ0) is 18.8. The number of hydrogen-bond acceptors (Lipinski definition) is 6. The molecule has 8 heteroatoms. The van der Waals surface area contributed by atoms with Gasteiger partial charge in [-0.15, -0.1) is 0 Å². The van der Waals surface area contributed by atoms with Crippen LogP contribution in [0.5, 0.6) is 0 Å². The monoisotopic (exact) mass is 369 g/mol. The van der Waals surface area contributed by atoms with E-state index >= 15 is 0 Å². The van der Waals surface area contributed by atoms with Crippen LogP contribution in [-0.2, 0) is 21.1 Å². The molecule has 1 fully saturated rings. The molecule has 1 amide bonds. The lowest BCUT2D eigenvalue weighted by Gasteiger charge is -2.32. The highest BCUT2D eigenvalue weighted by Crippen LogP contribution is 2.26. The molecule has 140 valence electrons. The van der Waals surface area contributed by atoms with E-state index in [9.17, 15) is 13.2 Å². The van der Waals surface area contributed by atoms with E-state index in [1.807, 2.05) is 37.8 Å². The fourth-order valence-corrected chi connectivity index (χ4v) is 3.86. The Morgan fingerprint density at radius 1 is 1.28 bits per heavy atom. The maximum Gasteiger partial charge on any atom is 0.410 e. The van der Waals surface area contributed by atoms with E-state index in [4.69, 9.17) is 10.5 Å². The molecule has 2 rings (SSSR count). The van der Waals surface area contributed by atoms with Crippen molar-refractivity contribution in [3.05, 3.63) is 23.8 Å². The maximum absolute atomic E-state index is 12.2. The predicted octanol–water partition coefficient (Wildman–Crippen LogP) is 1.87. The maximum atomic E-state index is 12.2. The van der Waals surface area contributed by atoms with Crippen molar-refractivity contribution >= 4 is 27.3 Å². The molecule has 0 saturated carbocycles. The summed E-state index contributed by atoms with van der Waals surface area (Å²) in [5, 5.41) is 0. The molecule has 0 radical (unpaired) electrons. The second-order valence-electron chi connectivity index (χ2n) is 7.36. The van der Waals surface area contributed by atoms with E-state index in [0.717, 1.165) is 11.3 Å². The van der Waals surface area contributed by atoms with E-state index < -0.39 is 21.5 Å². The number of nitrogens with zero attached hydrogens (tertiary/aromatic N) is 2. The van der Waals surface area contributed by atoms with Gasteiger partial charge in [-0.05, 0) is 44.5 Å². The van der Waals surface area contributed by atoms with Crippen molar-refractivity contribution < 1.29 is 17.9 Å². The third-order valence-corrected chi connectivity index (χ3v) is 5.51. The van der Waals surface area contributed by atoms with Gasteiger partial charge in [-0.25, -0.2) is 13.2 Å². The first-order valence-corrected chi connectivity index (χ1v) is 10.1. The van der Waals surface area contributed by atoms with E-state index in [-0.39, 0.29) is 11.5 Å². The number of carbonyl (C=O) groups excluding carboxylic acids is 1. The third kappa shape index (κ3) is 5.52. The number of ether oxygens (including phenoxy) is 1. The average Bonchev–Trinajstić information content (AvgIpc) is 2.46. The minimum Gasteiger partial charge on any atom is -0.444 e. The van der Waals surface area contributed by atoms with Crippen LogP contribution in [0.25, 0.3) is 0 Å². The summed E-state index contributed by atoms with van der Waals surface area (Å²) in [6.07, 6.45) is -0.415. The Kier molecular flexibility index (Phi) is 5.51. The standard InChI is InChI=1S/C17H27N3O4S/c1-17(2,3)24-16(21)19(4)12-13-11-14(18)5-6-15(13)20-7-9-25(22,23)10-8-20/h5-6,11H,7-10,12,18H2,1-4H3. The summed E-state index contributed by atoms with van der Waals surface area (Å²) < 4.78 is 28.7. The Morgan fingerprint density at radius 3 is 2.44 bits per heavy atom. The van der Waals surface area contributed by atoms with Crippen LogP contribution in [0.2, 0.25) is 0 Å². The molecule has 1 aliphatic heterocycles. The van der Waals surface area contributed by atoms with Gasteiger partial charge in [0.15, 0.2) is 9.84 Å². The van der Waals surface area contributed by atoms with Crippen molar-refractivity contribution in [2.24, 2.45) is 0 Å². The first-order valence-electron chi connectivity index (χ1n) is 8.25. The minimum atomic E-state index is -2.95. The zero-order valence-electron chi connectivity index (χ0n) is 15.3. The number of benzene rings is 1. The van der Waals surface area contributed by atoms with E-state index in [1.54, 1.807) is 13.1 Å². The predicted molar refractivity (Wildman–Crippen MR) is 99.4 cm³/mol. The van der Waals surface area contributed by atoms with E-state index in [2.05, 4.69) is 0 Å². The molecule has 1 aromatic carbocycles. The third-order valence-electron chi connectivity index (χ3n) is 3.90.